The van der Waals surface area contributed by atoms with Crippen LogP contribution in [0.1, 0.15) is 23.6 Å². The Balaban J connectivity index is 1.78. The molecule has 2 aromatic rings. The van der Waals surface area contributed by atoms with E-state index in [1.54, 1.807) is 49.5 Å². The van der Waals surface area contributed by atoms with Crippen LogP contribution in [-0.4, -0.2) is 61.0 Å². The second-order valence-electron chi connectivity index (χ2n) is 8.55. The van der Waals surface area contributed by atoms with Gasteiger partial charge < -0.3 is 24.4 Å². The van der Waals surface area contributed by atoms with Crippen molar-refractivity contribution in [1.82, 2.24) is 4.90 Å². The van der Waals surface area contributed by atoms with Crippen LogP contribution in [0.5, 0.6) is 5.75 Å². The standard InChI is InChI=1S/C25H24N2O6/c1-14-12-16-13-15(8-9-19(16)33-14)21(28)20-22(29)23(30)27(10-11-32-3)25(20)17-6-4-5-7-18(17)26(2)24(25)31/h4-9,13-14,28H,10-12H2,1-3H3/t14-,25-/m1/s1. The van der Waals surface area contributed by atoms with Crippen molar-refractivity contribution in [2.45, 2.75) is 25.0 Å². The Morgan fingerprint density at radius 2 is 1.97 bits per heavy atom. The zero-order valence-electron chi connectivity index (χ0n) is 18.6. The molecule has 8 nitrogen and oxygen atoms in total. The summed E-state index contributed by atoms with van der Waals surface area (Å²) in [7, 11) is 3.08. The Bertz CT molecular complexity index is 1240. The van der Waals surface area contributed by atoms with Gasteiger partial charge in [0, 0.05) is 43.9 Å². The molecule has 3 heterocycles. The van der Waals surface area contributed by atoms with E-state index in [4.69, 9.17) is 9.47 Å². The normalized spacial score (nSPS) is 25.1. The predicted octanol–water partition coefficient (Wildman–Crippen LogP) is 2.21. The fourth-order valence-electron chi connectivity index (χ4n) is 5.17. The molecule has 1 spiro atoms. The van der Waals surface area contributed by atoms with E-state index in [0.717, 1.165) is 11.3 Å². The monoisotopic (exact) mass is 448 g/mol. The summed E-state index contributed by atoms with van der Waals surface area (Å²) in [6.45, 7) is 2.09. The zero-order valence-corrected chi connectivity index (χ0v) is 18.6. The molecule has 0 saturated carbocycles. The highest BCUT2D eigenvalue weighted by Gasteiger charge is 2.66. The number of Topliss-reactive ketones (excluding diaryl/α,β-unsaturated/α-hetero) is 1. The second kappa shape index (κ2) is 7.45. The summed E-state index contributed by atoms with van der Waals surface area (Å²) in [4.78, 5) is 43.0. The first-order valence-electron chi connectivity index (χ1n) is 10.8. The lowest BCUT2D eigenvalue weighted by Gasteiger charge is -2.34. The SMILES string of the molecule is COCCN1C(=O)C(=O)C(=C(O)c2ccc3c(c2)C[C@@H](C)O3)[C@]12C(=O)N(C)c1ccccc12. The second-order valence-corrected chi connectivity index (χ2v) is 8.55. The van der Waals surface area contributed by atoms with Gasteiger partial charge in [-0.05, 0) is 36.8 Å². The molecule has 2 atom stereocenters. The van der Waals surface area contributed by atoms with Crippen LogP contribution < -0.4 is 9.64 Å². The minimum Gasteiger partial charge on any atom is -0.507 e. The van der Waals surface area contributed by atoms with Gasteiger partial charge in [0.25, 0.3) is 17.6 Å². The van der Waals surface area contributed by atoms with Crippen molar-refractivity contribution in [3.63, 3.8) is 0 Å². The molecule has 3 aliphatic heterocycles. The van der Waals surface area contributed by atoms with Gasteiger partial charge in [0.1, 0.15) is 17.6 Å². The van der Waals surface area contributed by atoms with Gasteiger partial charge in [0.2, 0.25) is 0 Å². The molecule has 1 fully saturated rings. The summed E-state index contributed by atoms with van der Waals surface area (Å²) in [6, 6.07) is 12.1. The van der Waals surface area contributed by atoms with Gasteiger partial charge in [-0.25, -0.2) is 0 Å². The third kappa shape index (κ3) is 2.77. The van der Waals surface area contributed by atoms with Crippen LogP contribution in [0, 0.1) is 0 Å². The number of amides is 2. The number of benzene rings is 2. The number of aliphatic hydroxyl groups excluding tert-OH is 1. The Hall–Kier alpha value is -3.65. The van der Waals surface area contributed by atoms with E-state index in [1.165, 1.54) is 16.9 Å². The minimum absolute atomic E-state index is 0.00699. The fraction of sp³-hybridized carbons (Fsp3) is 0.320. The first-order valence-corrected chi connectivity index (χ1v) is 10.8. The van der Waals surface area contributed by atoms with Crippen molar-refractivity contribution in [2.24, 2.45) is 0 Å². The molecule has 0 bridgehead atoms. The summed E-state index contributed by atoms with van der Waals surface area (Å²) in [5, 5.41) is 11.4. The van der Waals surface area contributed by atoms with Gasteiger partial charge >= 0.3 is 0 Å². The highest BCUT2D eigenvalue weighted by Crippen LogP contribution is 2.53. The smallest absolute Gasteiger partial charge is 0.296 e. The lowest BCUT2D eigenvalue weighted by molar-refractivity contribution is -0.144. The number of hydrogen-bond donors (Lipinski definition) is 1. The first kappa shape index (κ1) is 21.2. The van der Waals surface area contributed by atoms with E-state index >= 15 is 0 Å². The van der Waals surface area contributed by atoms with E-state index in [9.17, 15) is 19.5 Å². The van der Waals surface area contributed by atoms with Crippen LogP contribution in [0.15, 0.2) is 48.0 Å². The Labute approximate surface area is 191 Å². The summed E-state index contributed by atoms with van der Waals surface area (Å²) >= 11 is 0. The molecule has 33 heavy (non-hydrogen) atoms. The van der Waals surface area contributed by atoms with Crippen LogP contribution in [0.2, 0.25) is 0 Å². The maximum Gasteiger partial charge on any atom is 0.296 e. The molecule has 5 rings (SSSR count). The quantitative estimate of drug-likeness (QED) is 0.438. The number of hydrogen-bond acceptors (Lipinski definition) is 6. The Kier molecular flexibility index (Phi) is 4.79. The molecule has 0 aromatic heterocycles. The molecule has 2 amide bonds. The first-order chi connectivity index (χ1) is 15.8. The molecule has 1 N–H and O–H groups in total. The number of carbonyl (C=O) groups is 3. The molecule has 0 radical (unpaired) electrons. The molecule has 2 aromatic carbocycles. The lowest BCUT2D eigenvalue weighted by Crippen LogP contribution is -2.52. The van der Waals surface area contributed by atoms with Crippen LogP contribution in [0.3, 0.4) is 0 Å². The van der Waals surface area contributed by atoms with Crippen LogP contribution in [0.25, 0.3) is 5.76 Å². The van der Waals surface area contributed by atoms with E-state index in [0.29, 0.717) is 23.2 Å². The largest absolute Gasteiger partial charge is 0.507 e. The number of nitrogens with zero attached hydrogens (tertiary/aromatic N) is 2. The summed E-state index contributed by atoms with van der Waals surface area (Å²) < 4.78 is 10.9. The Morgan fingerprint density at radius 1 is 1.21 bits per heavy atom. The lowest BCUT2D eigenvalue weighted by atomic mass is 9.81. The molecular formula is C25H24N2O6. The van der Waals surface area contributed by atoms with E-state index < -0.39 is 23.1 Å². The van der Waals surface area contributed by atoms with Crippen LogP contribution in [0.4, 0.5) is 5.69 Å². The molecule has 170 valence electrons. The average Bonchev–Trinajstić information content (AvgIpc) is 3.37. The third-order valence-corrected chi connectivity index (χ3v) is 6.63. The number of para-hydroxylation sites is 1. The summed E-state index contributed by atoms with van der Waals surface area (Å²) in [5.41, 5.74) is 0.323. The maximum absolute atomic E-state index is 13.8. The van der Waals surface area contributed by atoms with Gasteiger partial charge in [-0.15, -0.1) is 0 Å². The van der Waals surface area contributed by atoms with E-state index in [2.05, 4.69) is 0 Å². The number of likely N-dealkylation sites (N-methyl/N-ethyl adjacent to an activating group) is 1. The number of rotatable bonds is 4. The van der Waals surface area contributed by atoms with Gasteiger partial charge in [0.15, 0.2) is 5.54 Å². The number of aliphatic hydroxyl groups is 1. The number of likely N-dealkylation sites (tertiary alicyclic amines) is 1. The number of methoxy groups -OCH3 is 1. The highest BCUT2D eigenvalue weighted by molar-refractivity contribution is 6.50. The van der Waals surface area contributed by atoms with Gasteiger partial charge in [-0.3, -0.25) is 14.4 Å². The number of fused-ring (bicyclic) bond motifs is 3. The third-order valence-electron chi connectivity index (χ3n) is 6.63. The van der Waals surface area contributed by atoms with Gasteiger partial charge in [-0.1, -0.05) is 18.2 Å². The van der Waals surface area contributed by atoms with Crippen molar-refractivity contribution >= 4 is 29.0 Å². The van der Waals surface area contributed by atoms with E-state index in [1.807, 2.05) is 6.92 Å². The minimum atomic E-state index is -1.76. The predicted molar refractivity (Wildman–Crippen MR) is 120 cm³/mol. The number of ether oxygens (including phenoxy) is 2. The molecular weight excluding hydrogens is 424 g/mol. The Morgan fingerprint density at radius 3 is 2.73 bits per heavy atom. The summed E-state index contributed by atoms with van der Waals surface area (Å²) in [6.07, 6.45) is 0.668. The fourth-order valence-corrected chi connectivity index (χ4v) is 5.17. The van der Waals surface area contributed by atoms with Crippen molar-refractivity contribution in [1.29, 1.82) is 0 Å². The van der Waals surface area contributed by atoms with Crippen LogP contribution >= 0.6 is 0 Å². The maximum atomic E-state index is 13.8. The van der Waals surface area contributed by atoms with Crippen molar-refractivity contribution in [3.8, 4) is 5.75 Å². The molecule has 0 aliphatic carbocycles. The topological polar surface area (TPSA) is 96.4 Å². The number of ketones is 1. The van der Waals surface area contributed by atoms with Gasteiger partial charge in [-0.2, -0.15) is 0 Å². The van der Waals surface area contributed by atoms with E-state index in [-0.39, 0.29) is 30.6 Å². The molecule has 0 unspecified atom stereocenters. The van der Waals surface area contributed by atoms with Crippen molar-refractivity contribution < 1.29 is 29.0 Å². The highest BCUT2D eigenvalue weighted by atomic mass is 16.5. The number of carbonyl (C=O) groups excluding carboxylic acids is 3. The molecule has 3 aliphatic rings. The number of anilines is 1. The zero-order chi connectivity index (χ0) is 23.5. The average molecular weight is 448 g/mol. The van der Waals surface area contributed by atoms with Gasteiger partial charge in [0.05, 0.1) is 12.2 Å². The molecule has 1 saturated heterocycles. The summed E-state index contributed by atoms with van der Waals surface area (Å²) in [5.74, 6) is -1.87. The van der Waals surface area contributed by atoms with Crippen molar-refractivity contribution in [3.05, 3.63) is 64.7 Å². The van der Waals surface area contributed by atoms with Crippen molar-refractivity contribution in [2.75, 3.05) is 32.2 Å². The van der Waals surface area contributed by atoms with Crippen LogP contribution in [-0.2, 0) is 31.1 Å². The molecule has 8 heteroatoms.